The summed E-state index contributed by atoms with van der Waals surface area (Å²) in [5.74, 6) is -0.201. The lowest BCUT2D eigenvalue weighted by Gasteiger charge is -2.31. The number of nitrogens with one attached hydrogen (secondary N) is 1. The number of amides is 1. The van der Waals surface area contributed by atoms with Crippen LogP contribution in [0, 0.1) is 18.3 Å². The van der Waals surface area contributed by atoms with Crippen LogP contribution in [0.1, 0.15) is 29.3 Å². The summed E-state index contributed by atoms with van der Waals surface area (Å²) in [6.07, 6.45) is 0.366. The highest BCUT2D eigenvalue weighted by atomic mass is 16.1. The van der Waals surface area contributed by atoms with Gasteiger partial charge in [0.1, 0.15) is 6.54 Å². The molecule has 1 aliphatic rings. The number of carbonyl (C=O) groups excluding carboxylic acids is 2. The Bertz CT molecular complexity index is 587. The summed E-state index contributed by atoms with van der Waals surface area (Å²) in [5, 5.41) is 11.6. The number of ketones is 1. The first-order valence-electron chi connectivity index (χ1n) is 6.11. The van der Waals surface area contributed by atoms with Gasteiger partial charge in [0.25, 0.3) is 0 Å². The smallest absolute Gasteiger partial charge is 0.221 e. The number of nitrogens with zero attached hydrogens (tertiary/aromatic N) is 2. The molecule has 1 amide bonds. The fourth-order valence-electron chi connectivity index (χ4n) is 2.40. The van der Waals surface area contributed by atoms with Gasteiger partial charge in [-0.2, -0.15) is 5.26 Å². The van der Waals surface area contributed by atoms with Crippen LogP contribution in [0.5, 0.6) is 0 Å². The number of aryl methyl sites for hydroxylation is 1. The van der Waals surface area contributed by atoms with Crippen molar-refractivity contribution in [2.75, 3.05) is 23.3 Å². The first-order valence-corrected chi connectivity index (χ1v) is 6.11. The zero-order valence-corrected chi connectivity index (χ0v) is 11.0. The number of nitriles is 1. The van der Waals surface area contributed by atoms with Gasteiger partial charge in [0.05, 0.1) is 23.0 Å². The maximum atomic E-state index is 12.1. The summed E-state index contributed by atoms with van der Waals surface area (Å²) >= 11 is 0. The Labute approximate surface area is 111 Å². The van der Waals surface area contributed by atoms with E-state index in [0.29, 0.717) is 24.2 Å². The summed E-state index contributed by atoms with van der Waals surface area (Å²) in [4.78, 5) is 25.2. The topological polar surface area (TPSA) is 73.2 Å². The normalized spacial score (nSPS) is 13.7. The molecule has 2 rings (SSSR count). The summed E-state index contributed by atoms with van der Waals surface area (Å²) in [6.45, 7) is 4.10. The number of fused-ring (bicyclic) bond motifs is 1. The lowest BCUT2D eigenvalue weighted by atomic mass is 9.95. The van der Waals surface area contributed by atoms with Crippen LogP contribution in [0.3, 0.4) is 0 Å². The molecule has 0 aliphatic carbocycles. The average Bonchev–Trinajstić information content (AvgIpc) is 2.35. The van der Waals surface area contributed by atoms with Crippen molar-refractivity contribution in [3.05, 3.63) is 23.3 Å². The fraction of sp³-hybridized carbons (Fsp3) is 0.357. The molecule has 5 nitrogen and oxygen atoms in total. The van der Waals surface area contributed by atoms with Crippen LogP contribution in [-0.2, 0) is 4.79 Å². The summed E-state index contributed by atoms with van der Waals surface area (Å²) in [7, 11) is 0. The van der Waals surface area contributed by atoms with Crippen molar-refractivity contribution >= 4 is 23.1 Å². The van der Waals surface area contributed by atoms with E-state index in [1.54, 1.807) is 6.07 Å². The number of hydrogen-bond acceptors (Lipinski definition) is 4. The molecule has 0 radical (unpaired) electrons. The van der Waals surface area contributed by atoms with Crippen molar-refractivity contribution in [3.8, 4) is 6.07 Å². The van der Waals surface area contributed by atoms with Gasteiger partial charge < -0.3 is 10.2 Å². The number of benzene rings is 1. The monoisotopic (exact) mass is 257 g/mol. The number of hydrogen-bond donors (Lipinski definition) is 1. The third-order valence-corrected chi connectivity index (χ3v) is 3.16. The number of carbonyl (C=O) groups is 2. The number of anilines is 2. The van der Waals surface area contributed by atoms with E-state index in [2.05, 4.69) is 11.4 Å². The molecule has 1 aromatic carbocycles. The maximum absolute atomic E-state index is 12.1. The van der Waals surface area contributed by atoms with Gasteiger partial charge in [0.15, 0.2) is 5.78 Å². The molecule has 19 heavy (non-hydrogen) atoms. The van der Waals surface area contributed by atoms with Crippen LogP contribution in [-0.4, -0.2) is 24.8 Å². The third-order valence-electron chi connectivity index (χ3n) is 3.16. The third kappa shape index (κ3) is 2.43. The molecule has 1 N–H and O–H groups in total. The Morgan fingerprint density at radius 1 is 1.53 bits per heavy atom. The maximum Gasteiger partial charge on any atom is 0.221 e. The average molecular weight is 257 g/mol. The summed E-state index contributed by atoms with van der Waals surface area (Å²) in [5.41, 5.74) is 2.76. The molecule has 1 heterocycles. The van der Waals surface area contributed by atoms with E-state index in [4.69, 9.17) is 5.26 Å². The van der Waals surface area contributed by atoms with Gasteiger partial charge in [-0.3, -0.25) is 9.59 Å². The van der Waals surface area contributed by atoms with Gasteiger partial charge in [0.2, 0.25) is 5.91 Å². The molecule has 98 valence electrons. The SMILES string of the molecule is CC(=O)Nc1ccc(C)c2c1C(=O)CCN2CC#N. The van der Waals surface area contributed by atoms with Crippen LogP contribution in [0.2, 0.25) is 0 Å². The Morgan fingerprint density at radius 2 is 2.26 bits per heavy atom. The molecule has 0 spiro atoms. The van der Waals surface area contributed by atoms with Gasteiger partial charge in [0, 0.05) is 19.9 Å². The predicted octanol–water partition coefficient (Wildman–Crippen LogP) is 1.87. The largest absolute Gasteiger partial charge is 0.357 e. The van der Waals surface area contributed by atoms with E-state index >= 15 is 0 Å². The van der Waals surface area contributed by atoms with Gasteiger partial charge in [-0.1, -0.05) is 6.07 Å². The molecular formula is C14H15N3O2. The first-order chi connectivity index (χ1) is 9.04. The number of rotatable bonds is 2. The van der Waals surface area contributed by atoms with Crippen molar-refractivity contribution in [1.29, 1.82) is 5.26 Å². The van der Waals surface area contributed by atoms with E-state index in [9.17, 15) is 9.59 Å². The molecule has 1 aromatic rings. The molecular weight excluding hydrogens is 242 g/mol. The highest BCUT2D eigenvalue weighted by Gasteiger charge is 2.27. The van der Waals surface area contributed by atoms with E-state index in [-0.39, 0.29) is 18.2 Å². The fourth-order valence-corrected chi connectivity index (χ4v) is 2.40. The zero-order valence-electron chi connectivity index (χ0n) is 11.0. The molecule has 5 heteroatoms. The minimum atomic E-state index is -0.212. The van der Waals surface area contributed by atoms with Gasteiger partial charge in [-0.15, -0.1) is 0 Å². The van der Waals surface area contributed by atoms with Gasteiger partial charge >= 0.3 is 0 Å². The highest BCUT2D eigenvalue weighted by molar-refractivity contribution is 6.11. The number of Topliss-reactive ketones (excluding diaryl/α,β-unsaturated/α-hetero) is 1. The first kappa shape index (κ1) is 13.1. The minimum Gasteiger partial charge on any atom is -0.357 e. The minimum absolute atomic E-state index is 0.0108. The second-order valence-electron chi connectivity index (χ2n) is 4.59. The molecule has 0 atom stereocenters. The molecule has 0 aromatic heterocycles. The Morgan fingerprint density at radius 3 is 2.89 bits per heavy atom. The predicted molar refractivity (Wildman–Crippen MR) is 72.3 cm³/mol. The Balaban J connectivity index is 2.58. The Kier molecular flexibility index (Phi) is 3.52. The second kappa shape index (κ2) is 5.11. The van der Waals surface area contributed by atoms with Crippen LogP contribution < -0.4 is 10.2 Å². The van der Waals surface area contributed by atoms with Crippen LogP contribution in [0.4, 0.5) is 11.4 Å². The van der Waals surface area contributed by atoms with Crippen molar-refractivity contribution < 1.29 is 9.59 Å². The van der Waals surface area contributed by atoms with Crippen molar-refractivity contribution in [2.24, 2.45) is 0 Å². The molecule has 0 unspecified atom stereocenters. The van der Waals surface area contributed by atoms with E-state index in [1.165, 1.54) is 6.92 Å². The Hall–Kier alpha value is -2.35. The van der Waals surface area contributed by atoms with Crippen molar-refractivity contribution in [2.45, 2.75) is 20.3 Å². The molecule has 1 aliphatic heterocycles. The van der Waals surface area contributed by atoms with E-state index in [1.807, 2.05) is 17.9 Å². The van der Waals surface area contributed by atoms with Gasteiger partial charge in [-0.05, 0) is 18.6 Å². The molecule has 0 fully saturated rings. The second-order valence-corrected chi connectivity index (χ2v) is 4.59. The molecule has 0 bridgehead atoms. The van der Waals surface area contributed by atoms with Crippen LogP contribution in [0.15, 0.2) is 12.1 Å². The molecule has 0 saturated heterocycles. The zero-order chi connectivity index (χ0) is 14.0. The summed E-state index contributed by atoms with van der Waals surface area (Å²) < 4.78 is 0. The standard InChI is InChI=1S/C14H15N3O2/c1-9-3-4-11(16-10(2)18)13-12(19)5-7-17(8-6-15)14(9)13/h3-4H,5,7-8H2,1-2H3,(H,16,18). The molecule has 0 saturated carbocycles. The van der Waals surface area contributed by atoms with E-state index in [0.717, 1.165) is 11.3 Å². The lowest BCUT2D eigenvalue weighted by Crippen LogP contribution is -2.33. The lowest BCUT2D eigenvalue weighted by molar-refractivity contribution is -0.114. The summed E-state index contributed by atoms with van der Waals surface area (Å²) in [6, 6.07) is 5.70. The van der Waals surface area contributed by atoms with Gasteiger partial charge in [-0.25, -0.2) is 0 Å². The van der Waals surface area contributed by atoms with Crippen molar-refractivity contribution in [1.82, 2.24) is 0 Å². The quantitative estimate of drug-likeness (QED) is 0.821. The van der Waals surface area contributed by atoms with E-state index < -0.39 is 0 Å². The van der Waals surface area contributed by atoms with Crippen molar-refractivity contribution in [3.63, 3.8) is 0 Å². The van der Waals surface area contributed by atoms with Crippen LogP contribution >= 0.6 is 0 Å². The highest BCUT2D eigenvalue weighted by Crippen LogP contribution is 2.35. The van der Waals surface area contributed by atoms with Crippen LogP contribution in [0.25, 0.3) is 0 Å².